The van der Waals surface area contributed by atoms with Crippen LogP contribution in [0.3, 0.4) is 0 Å². The minimum absolute atomic E-state index is 0. The summed E-state index contributed by atoms with van der Waals surface area (Å²) in [6, 6.07) is 6.58. The molecule has 0 radical (unpaired) electrons. The van der Waals surface area contributed by atoms with E-state index in [1.165, 1.54) is 17.0 Å². The predicted molar refractivity (Wildman–Crippen MR) is 117 cm³/mol. The molecule has 0 spiro atoms. The summed E-state index contributed by atoms with van der Waals surface area (Å²) in [5, 5.41) is 7.69. The van der Waals surface area contributed by atoms with Crippen molar-refractivity contribution in [1.82, 2.24) is 15.6 Å². The normalized spacial score (nSPS) is 11.1. The molecular formula is C17H24FIN4S2. The molecule has 1 aromatic heterocycles. The third kappa shape index (κ3) is 8.87. The molecule has 0 unspecified atom stereocenters. The molecule has 0 saturated carbocycles. The van der Waals surface area contributed by atoms with Crippen molar-refractivity contribution >= 4 is 53.0 Å². The highest BCUT2D eigenvalue weighted by Gasteiger charge is 2.00. The molecule has 4 nitrogen and oxygen atoms in total. The van der Waals surface area contributed by atoms with Crippen molar-refractivity contribution in [3.8, 4) is 0 Å². The number of thiazole rings is 1. The van der Waals surface area contributed by atoms with Gasteiger partial charge in [0.05, 0.1) is 5.01 Å². The molecule has 1 heterocycles. The van der Waals surface area contributed by atoms with Crippen molar-refractivity contribution in [2.24, 2.45) is 4.99 Å². The third-order valence-electron chi connectivity index (χ3n) is 3.09. The van der Waals surface area contributed by atoms with Gasteiger partial charge in [0.1, 0.15) is 5.82 Å². The topological polar surface area (TPSA) is 49.3 Å². The molecule has 2 N–H and O–H groups in total. The van der Waals surface area contributed by atoms with Gasteiger partial charge in [-0.3, -0.25) is 4.99 Å². The molecule has 138 valence electrons. The van der Waals surface area contributed by atoms with Crippen LogP contribution in [0, 0.1) is 12.7 Å². The average Bonchev–Trinajstić information content (AvgIpc) is 2.98. The molecule has 8 heteroatoms. The van der Waals surface area contributed by atoms with Crippen LogP contribution < -0.4 is 10.6 Å². The summed E-state index contributed by atoms with van der Waals surface area (Å²) in [7, 11) is 0. The van der Waals surface area contributed by atoms with Gasteiger partial charge >= 0.3 is 0 Å². The summed E-state index contributed by atoms with van der Waals surface area (Å²) < 4.78 is 12.9. The highest BCUT2D eigenvalue weighted by Crippen LogP contribution is 2.17. The second-order valence-corrected chi connectivity index (χ2v) is 7.59. The first-order valence-corrected chi connectivity index (χ1v) is 9.79. The van der Waals surface area contributed by atoms with Crippen molar-refractivity contribution < 1.29 is 4.39 Å². The Morgan fingerprint density at radius 1 is 1.28 bits per heavy atom. The van der Waals surface area contributed by atoms with Gasteiger partial charge < -0.3 is 10.6 Å². The number of benzene rings is 1. The van der Waals surface area contributed by atoms with Gasteiger partial charge in [-0.2, -0.15) is 0 Å². The Balaban J connectivity index is 0.00000312. The van der Waals surface area contributed by atoms with E-state index in [1.54, 1.807) is 35.2 Å². The Labute approximate surface area is 174 Å². The maximum Gasteiger partial charge on any atom is 0.191 e. The maximum atomic E-state index is 12.9. The molecule has 0 aliphatic rings. The van der Waals surface area contributed by atoms with E-state index in [0.717, 1.165) is 41.1 Å². The Morgan fingerprint density at radius 3 is 2.68 bits per heavy atom. The molecule has 0 aliphatic heterocycles. The van der Waals surface area contributed by atoms with Crippen LogP contribution in [0.5, 0.6) is 0 Å². The summed E-state index contributed by atoms with van der Waals surface area (Å²) in [5.74, 6) is 1.52. The lowest BCUT2D eigenvalue weighted by Gasteiger charge is -2.11. The van der Waals surface area contributed by atoms with Crippen molar-refractivity contribution in [3.05, 3.63) is 46.2 Å². The number of hydrogen-bond donors (Lipinski definition) is 2. The summed E-state index contributed by atoms with van der Waals surface area (Å²) in [6.45, 7) is 6.45. The smallest absolute Gasteiger partial charge is 0.191 e. The van der Waals surface area contributed by atoms with Crippen molar-refractivity contribution in [3.63, 3.8) is 0 Å². The zero-order valence-electron chi connectivity index (χ0n) is 14.4. The van der Waals surface area contributed by atoms with Gasteiger partial charge in [-0.05, 0) is 38.1 Å². The zero-order chi connectivity index (χ0) is 17.2. The largest absolute Gasteiger partial charge is 0.357 e. The SMILES string of the molecule is CCNC(=NCCc1ncc(C)s1)NCCSc1ccc(F)cc1.I. The van der Waals surface area contributed by atoms with Gasteiger partial charge in [-0.25, -0.2) is 9.37 Å². The minimum atomic E-state index is -0.200. The zero-order valence-corrected chi connectivity index (χ0v) is 18.4. The summed E-state index contributed by atoms with van der Waals surface area (Å²) in [5.41, 5.74) is 0. The van der Waals surface area contributed by atoms with E-state index in [9.17, 15) is 4.39 Å². The van der Waals surface area contributed by atoms with Gasteiger partial charge in [0.15, 0.2) is 5.96 Å². The fraction of sp³-hybridized carbons (Fsp3) is 0.412. The molecule has 0 saturated heterocycles. The molecule has 1 aromatic carbocycles. The fourth-order valence-corrected chi connectivity index (χ4v) is 3.54. The van der Waals surface area contributed by atoms with E-state index >= 15 is 0 Å². The molecule has 2 rings (SSSR count). The lowest BCUT2D eigenvalue weighted by atomic mass is 10.4. The van der Waals surface area contributed by atoms with Crippen molar-refractivity contribution in [2.75, 3.05) is 25.4 Å². The first kappa shape index (κ1) is 22.2. The van der Waals surface area contributed by atoms with Crippen LogP contribution in [0.15, 0.2) is 40.4 Å². The van der Waals surface area contributed by atoms with Crippen LogP contribution in [-0.4, -0.2) is 36.3 Å². The highest BCUT2D eigenvalue weighted by molar-refractivity contribution is 14.0. The van der Waals surface area contributed by atoms with Crippen LogP contribution >= 0.6 is 47.1 Å². The predicted octanol–water partition coefficient (Wildman–Crippen LogP) is 4.10. The van der Waals surface area contributed by atoms with E-state index in [1.807, 2.05) is 6.20 Å². The number of halogens is 2. The highest BCUT2D eigenvalue weighted by atomic mass is 127. The van der Waals surface area contributed by atoms with E-state index in [4.69, 9.17) is 0 Å². The van der Waals surface area contributed by atoms with Gasteiger partial charge in [0.25, 0.3) is 0 Å². The standard InChI is InChI=1S/C17H23FN4S2.HI/c1-3-19-17(20-9-8-16-22-12-13(2)24-16)21-10-11-23-15-6-4-14(18)5-7-15;/h4-7,12H,3,8-11H2,1-2H3,(H2,19,20,21);1H. The van der Waals surface area contributed by atoms with Crippen molar-refractivity contribution in [1.29, 1.82) is 0 Å². The lowest BCUT2D eigenvalue weighted by Crippen LogP contribution is -2.38. The van der Waals surface area contributed by atoms with Crippen LogP contribution in [0.4, 0.5) is 4.39 Å². The summed E-state index contributed by atoms with van der Waals surface area (Å²) in [6.07, 6.45) is 2.76. The van der Waals surface area contributed by atoms with Crippen LogP contribution in [0.1, 0.15) is 16.8 Å². The Bertz CT molecular complexity index is 646. The molecule has 25 heavy (non-hydrogen) atoms. The summed E-state index contributed by atoms with van der Waals surface area (Å²) >= 11 is 3.41. The van der Waals surface area contributed by atoms with Gasteiger partial charge in [0.2, 0.25) is 0 Å². The number of hydrogen-bond acceptors (Lipinski definition) is 4. The van der Waals surface area contributed by atoms with Crippen LogP contribution in [0.25, 0.3) is 0 Å². The van der Waals surface area contributed by atoms with E-state index < -0.39 is 0 Å². The van der Waals surface area contributed by atoms with Crippen molar-refractivity contribution in [2.45, 2.75) is 25.2 Å². The van der Waals surface area contributed by atoms with Gasteiger partial charge in [-0.1, -0.05) is 0 Å². The fourth-order valence-electron chi connectivity index (χ4n) is 1.99. The van der Waals surface area contributed by atoms with Gasteiger partial charge in [0, 0.05) is 47.8 Å². The second-order valence-electron chi connectivity index (χ2n) is 5.10. The Kier molecular flexibility index (Phi) is 11.1. The van der Waals surface area contributed by atoms with Gasteiger partial charge in [-0.15, -0.1) is 47.1 Å². The average molecular weight is 494 g/mol. The molecule has 0 amide bonds. The lowest BCUT2D eigenvalue weighted by molar-refractivity contribution is 0.626. The molecule has 0 bridgehead atoms. The number of aromatic nitrogens is 1. The maximum absolute atomic E-state index is 12.9. The van der Waals surface area contributed by atoms with E-state index in [0.29, 0.717) is 6.54 Å². The number of rotatable bonds is 8. The van der Waals surface area contributed by atoms with Crippen LogP contribution in [-0.2, 0) is 6.42 Å². The minimum Gasteiger partial charge on any atom is -0.357 e. The first-order valence-electron chi connectivity index (χ1n) is 7.99. The van der Waals surface area contributed by atoms with E-state index in [-0.39, 0.29) is 29.8 Å². The van der Waals surface area contributed by atoms with Crippen LogP contribution in [0.2, 0.25) is 0 Å². The summed E-state index contributed by atoms with van der Waals surface area (Å²) in [4.78, 5) is 11.2. The first-order chi connectivity index (χ1) is 11.7. The molecule has 2 aromatic rings. The Hall–Kier alpha value is -0.870. The molecule has 0 atom stereocenters. The third-order valence-corrected chi connectivity index (χ3v) is 5.07. The number of aryl methyl sites for hydroxylation is 1. The second kappa shape index (κ2) is 12.5. The number of nitrogens with one attached hydrogen (secondary N) is 2. The monoisotopic (exact) mass is 494 g/mol. The number of aliphatic imine (C=N–C) groups is 1. The molecular weight excluding hydrogens is 470 g/mol. The quantitative estimate of drug-likeness (QED) is 0.191. The molecule has 0 fully saturated rings. The van der Waals surface area contributed by atoms with E-state index in [2.05, 4.69) is 34.5 Å². The number of thioether (sulfide) groups is 1. The Morgan fingerprint density at radius 2 is 2.04 bits per heavy atom. The number of nitrogens with zero attached hydrogens (tertiary/aromatic N) is 2. The number of guanidine groups is 1. The molecule has 0 aliphatic carbocycles.